The van der Waals surface area contributed by atoms with Crippen LogP contribution in [0.25, 0.3) is 11.1 Å². The van der Waals surface area contributed by atoms with Crippen molar-refractivity contribution in [3.8, 4) is 11.1 Å². The highest BCUT2D eigenvalue weighted by Gasteiger charge is 2.10. The predicted molar refractivity (Wildman–Crippen MR) is 76.1 cm³/mol. The zero-order valence-electron chi connectivity index (χ0n) is 11.2. The van der Waals surface area contributed by atoms with Gasteiger partial charge in [-0.15, -0.1) is 0 Å². The number of rotatable bonds is 6. The van der Waals surface area contributed by atoms with Gasteiger partial charge in [-0.1, -0.05) is 42.5 Å². The molecule has 0 aromatic heterocycles. The molecule has 0 bridgehead atoms. The Bertz CT molecular complexity index is 646. The second kappa shape index (κ2) is 6.67. The van der Waals surface area contributed by atoms with Crippen molar-refractivity contribution < 1.29 is 24.5 Å². The van der Waals surface area contributed by atoms with E-state index in [-0.39, 0.29) is 18.8 Å². The third-order valence-electron chi connectivity index (χ3n) is 2.92. The maximum Gasteiger partial charge on any atom is 0.336 e. The fourth-order valence-corrected chi connectivity index (χ4v) is 1.96. The molecule has 2 N–H and O–H groups in total. The summed E-state index contributed by atoms with van der Waals surface area (Å²) < 4.78 is 5.00. The van der Waals surface area contributed by atoms with E-state index in [1.165, 1.54) is 0 Å². The molecule has 0 atom stereocenters. The Morgan fingerprint density at radius 3 is 2.24 bits per heavy atom. The molecule has 0 aliphatic heterocycles. The van der Waals surface area contributed by atoms with Gasteiger partial charge in [-0.05, 0) is 22.8 Å². The molecule has 0 aliphatic carbocycles. The van der Waals surface area contributed by atoms with Gasteiger partial charge in [0.15, 0.2) is 0 Å². The summed E-state index contributed by atoms with van der Waals surface area (Å²) in [4.78, 5) is 21.5. The zero-order valence-corrected chi connectivity index (χ0v) is 11.2. The average molecular weight is 286 g/mol. The van der Waals surface area contributed by atoms with Crippen LogP contribution in [0.3, 0.4) is 0 Å². The minimum atomic E-state index is -1.01. The number of carboxylic acid groups (broad SMARTS) is 2. The summed E-state index contributed by atoms with van der Waals surface area (Å²) in [6.07, 6.45) is 0. The number of carbonyl (C=O) groups is 2. The summed E-state index contributed by atoms with van der Waals surface area (Å²) in [6.45, 7) is -0.142. The Hall–Kier alpha value is -2.66. The number of carboxylic acids is 2. The fourth-order valence-electron chi connectivity index (χ4n) is 1.96. The molecule has 0 amide bonds. The molecule has 0 radical (unpaired) electrons. The molecule has 0 heterocycles. The second-order valence-corrected chi connectivity index (χ2v) is 4.43. The minimum Gasteiger partial charge on any atom is -0.480 e. The number of ether oxygens (including phenoxy) is 1. The van der Waals surface area contributed by atoms with Gasteiger partial charge in [-0.2, -0.15) is 0 Å². The Balaban J connectivity index is 2.16. The van der Waals surface area contributed by atoms with Crippen molar-refractivity contribution in [1.82, 2.24) is 0 Å². The van der Waals surface area contributed by atoms with Crippen LogP contribution in [0.2, 0.25) is 0 Å². The van der Waals surface area contributed by atoms with Crippen LogP contribution in [0.1, 0.15) is 15.9 Å². The van der Waals surface area contributed by atoms with Crippen molar-refractivity contribution in [3.63, 3.8) is 0 Å². The Labute approximate surface area is 121 Å². The standard InChI is InChI=1S/C16H14O5/c17-15(18)10-21-9-11-5-7-12(8-6-11)13-3-1-2-4-14(13)16(19)20/h1-8H,9-10H2,(H,17,18)(H,19,20). The van der Waals surface area contributed by atoms with Crippen LogP contribution in [0.15, 0.2) is 48.5 Å². The van der Waals surface area contributed by atoms with E-state index in [1.54, 1.807) is 48.5 Å². The van der Waals surface area contributed by atoms with Crippen LogP contribution in [0, 0.1) is 0 Å². The number of hydrogen-bond acceptors (Lipinski definition) is 3. The topological polar surface area (TPSA) is 83.8 Å². The number of aromatic carboxylic acids is 1. The average Bonchev–Trinajstić information content (AvgIpc) is 2.47. The van der Waals surface area contributed by atoms with Crippen LogP contribution in [0.4, 0.5) is 0 Å². The SMILES string of the molecule is O=C(O)COCc1ccc(-c2ccccc2C(=O)O)cc1. The molecule has 21 heavy (non-hydrogen) atoms. The van der Waals surface area contributed by atoms with Crippen LogP contribution < -0.4 is 0 Å². The van der Waals surface area contributed by atoms with Gasteiger partial charge in [0.1, 0.15) is 6.61 Å². The molecule has 5 heteroatoms. The normalized spacial score (nSPS) is 10.3. The van der Waals surface area contributed by atoms with E-state index in [4.69, 9.17) is 9.84 Å². The Morgan fingerprint density at radius 1 is 0.952 bits per heavy atom. The first-order chi connectivity index (χ1) is 10.1. The molecule has 108 valence electrons. The van der Waals surface area contributed by atoms with Gasteiger partial charge in [-0.25, -0.2) is 9.59 Å². The summed E-state index contributed by atoms with van der Waals surface area (Å²) in [7, 11) is 0. The van der Waals surface area contributed by atoms with Gasteiger partial charge < -0.3 is 14.9 Å². The van der Waals surface area contributed by atoms with E-state index in [9.17, 15) is 14.7 Å². The number of benzene rings is 2. The first-order valence-electron chi connectivity index (χ1n) is 6.29. The van der Waals surface area contributed by atoms with Crippen molar-refractivity contribution in [3.05, 3.63) is 59.7 Å². The van der Waals surface area contributed by atoms with Crippen LogP contribution >= 0.6 is 0 Å². The highest BCUT2D eigenvalue weighted by atomic mass is 16.5. The van der Waals surface area contributed by atoms with Crippen LogP contribution in [-0.4, -0.2) is 28.8 Å². The maximum absolute atomic E-state index is 11.2. The summed E-state index contributed by atoms with van der Waals surface area (Å²) in [5.74, 6) is -1.98. The van der Waals surface area contributed by atoms with E-state index in [0.717, 1.165) is 11.1 Å². The van der Waals surface area contributed by atoms with Gasteiger partial charge in [0.05, 0.1) is 12.2 Å². The van der Waals surface area contributed by atoms with E-state index in [1.807, 2.05) is 0 Å². The molecule has 2 rings (SSSR count). The maximum atomic E-state index is 11.2. The number of aliphatic carboxylic acids is 1. The van der Waals surface area contributed by atoms with E-state index >= 15 is 0 Å². The zero-order chi connectivity index (χ0) is 15.2. The quantitative estimate of drug-likeness (QED) is 0.852. The Morgan fingerprint density at radius 2 is 1.62 bits per heavy atom. The molecule has 0 saturated heterocycles. The highest BCUT2D eigenvalue weighted by Crippen LogP contribution is 2.24. The molecule has 0 saturated carbocycles. The van der Waals surface area contributed by atoms with Crippen molar-refractivity contribution in [2.45, 2.75) is 6.61 Å². The molecule has 0 fully saturated rings. The van der Waals surface area contributed by atoms with Crippen molar-refractivity contribution in [2.24, 2.45) is 0 Å². The van der Waals surface area contributed by atoms with E-state index in [2.05, 4.69) is 0 Å². The summed E-state index contributed by atoms with van der Waals surface area (Å²) in [5, 5.41) is 17.7. The van der Waals surface area contributed by atoms with Crippen LogP contribution in [-0.2, 0) is 16.1 Å². The van der Waals surface area contributed by atoms with Crippen molar-refractivity contribution >= 4 is 11.9 Å². The lowest BCUT2D eigenvalue weighted by molar-refractivity contribution is -0.142. The highest BCUT2D eigenvalue weighted by molar-refractivity contribution is 5.95. The molecule has 2 aromatic carbocycles. The van der Waals surface area contributed by atoms with Gasteiger partial charge in [0, 0.05) is 0 Å². The summed E-state index contributed by atoms with van der Waals surface area (Å²) >= 11 is 0. The van der Waals surface area contributed by atoms with E-state index < -0.39 is 11.9 Å². The second-order valence-electron chi connectivity index (χ2n) is 4.43. The molecule has 0 spiro atoms. The smallest absolute Gasteiger partial charge is 0.336 e. The molecule has 5 nitrogen and oxygen atoms in total. The molecule has 2 aromatic rings. The van der Waals surface area contributed by atoms with Gasteiger partial charge in [0.2, 0.25) is 0 Å². The fraction of sp³-hybridized carbons (Fsp3) is 0.125. The number of hydrogen-bond donors (Lipinski definition) is 2. The molecular formula is C16H14O5. The first-order valence-corrected chi connectivity index (χ1v) is 6.29. The molecular weight excluding hydrogens is 272 g/mol. The van der Waals surface area contributed by atoms with Gasteiger partial charge in [0.25, 0.3) is 0 Å². The van der Waals surface area contributed by atoms with Crippen LogP contribution in [0.5, 0.6) is 0 Å². The molecule has 0 aliphatic rings. The van der Waals surface area contributed by atoms with Crippen molar-refractivity contribution in [1.29, 1.82) is 0 Å². The monoisotopic (exact) mass is 286 g/mol. The third-order valence-corrected chi connectivity index (χ3v) is 2.92. The van der Waals surface area contributed by atoms with Gasteiger partial charge >= 0.3 is 11.9 Å². The van der Waals surface area contributed by atoms with E-state index in [0.29, 0.717) is 5.56 Å². The lowest BCUT2D eigenvalue weighted by atomic mass is 9.99. The lowest BCUT2D eigenvalue weighted by Gasteiger charge is -2.07. The van der Waals surface area contributed by atoms with Crippen molar-refractivity contribution in [2.75, 3.05) is 6.61 Å². The lowest BCUT2D eigenvalue weighted by Crippen LogP contribution is -2.06. The summed E-state index contributed by atoms with van der Waals surface area (Å²) in [6, 6.07) is 13.9. The predicted octanol–water partition coefficient (Wildman–Crippen LogP) is 2.65. The molecule has 0 unspecified atom stereocenters. The largest absolute Gasteiger partial charge is 0.480 e. The summed E-state index contributed by atoms with van der Waals surface area (Å²) in [5.41, 5.74) is 2.50. The Kier molecular flexibility index (Phi) is 4.68. The minimum absolute atomic E-state index is 0.202. The first kappa shape index (κ1) is 14.7. The third kappa shape index (κ3) is 3.90. The van der Waals surface area contributed by atoms with Gasteiger partial charge in [-0.3, -0.25) is 0 Å².